The molecule has 0 aliphatic carbocycles. The molecule has 1 aliphatic heterocycles. The maximum Gasteiger partial charge on any atom is 0.271 e. The topological polar surface area (TPSA) is 135 Å². The van der Waals surface area contributed by atoms with E-state index >= 15 is 0 Å². The fraction of sp³-hybridized carbons (Fsp3) is 0.344. The average Bonchev–Trinajstić information content (AvgIpc) is 3.31. The van der Waals surface area contributed by atoms with Gasteiger partial charge in [-0.15, -0.1) is 0 Å². The molecule has 4 aromatic rings. The van der Waals surface area contributed by atoms with Crippen molar-refractivity contribution in [2.45, 2.75) is 37.5 Å². The van der Waals surface area contributed by atoms with Gasteiger partial charge in [-0.1, -0.05) is 49.4 Å². The first-order chi connectivity index (χ1) is 20.9. The SMILES string of the molecule is C[C@@H]1CN([C@@H](C)CO)C(=O)c2c(c3ccccc3n2C)-c2ccccc2CO[C@@H]1CN(C)S(=O)(=O)c1ccc([N+](=O)[O-])cc1. The van der Waals surface area contributed by atoms with Crippen molar-refractivity contribution in [1.82, 2.24) is 13.8 Å². The number of likely N-dealkylation sites (N-methyl/N-ethyl adjacent to an activating group) is 1. The maximum absolute atomic E-state index is 14.5. The summed E-state index contributed by atoms with van der Waals surface area (Å²) in [5.41, 5.74) is 3.67. The van der Waals surface area contributed by atoms with E-state index < -0.39 is 27.1 Å². The van der Waals surface area contributed by atoms with Crippen molar-refractivity contribution in [3.63, 3.8) is 0 Å². The summed E-state index contributed by atoms with van der Waals surface area (Å²) in [6.07, 6.45) is -0.639. The first kappa shape index (κ1) is 31.3. The molecular weight excluding hydrogens is 584 g/mol. The highest BCUT2D eigenvalue weighted by Crippen LogP contribution is 2.38. The molecule has 1 N–H and O–H groups in total. The highest BCUT2D eigenvalue weighted by Gasteiger charge is 2.35. The molecule has 0 saturated carbocycles. The van der Waals surface area contributed by atoms with Gasteiger partial charge in [-0.2, -0.15) is 4.31 Å². The number of sulfonamides is 1. The molecule has 1 aromatic heterocycles. The minimum Gasteiger partial charge on any atom is -0.394 e. The lowest BCUT2D eigenvalue weighted by Gasteiger charge is -2.35. The molecule has 44 heavy (non-hydrogen) atoms. The van der Waals surface area contributed by atoms with Crippen molar-refractivity contribution in [3.8, 4) is 11.1 Å². The van der Waals surface area contributed by atoms with Crippen LogP contribution in [0.4, 0.5) is 5.69 Å². The van der Waals surface area contributed by atoms with E-state index in [-0.39, 0.29) is 48.7 Å². The van der Waals surface area contributed by atoms with Gasteiger partial charge >= 0.3 is 0 Å². The number of benzene rings is 3. The summed E-state index contributed by atoms with van der Waals surface area (Å²) in [7, 11) is -0.710. The number of fused-ring (bicyclic) bond motifs is 5. The predicted octanol–water partition coefficient (Wildman–Crippen LogP) is 4.43. The Morgan fingerprint density at radius 2 is 1.75 bits per heavy atom. The van der Waals surface area contributed by atoms with Gasteiger partial charge in [0.05, 0.1) is 35.2 Å². The monoisotopic (exact) mass is 620 g/mol. The van der Waals surface area contributed by atoms with Crippen molar-refractivity contribution in [2.24, 2.45) is 13.0 Å². The van der Waals surface area contributed by atoms with E-state index in [4.69, 9.17) is 4.74 Å². The first-order valence-corrected chi connectivity index (χ1v) is 15.8. The number of aromatic nitrogens is 1. The molecule has 1 aliphatic rings. The molecule has 12 heteroatoms. The van der Waals surface area contributed by atoms with Crippen molar-refractivity contribution in [3.05, 3.63) is 94.2 Å². The van der Waals surface area contributed by atoms with Crippen LogP contribution in [0.1, 0.15) is 29.9 Å². The Hall–Kier alpha value is -4.10. The number of hydrogen-bond acceptors (Lipinski definition) is 7. The van der Waals surface area contributed by atoms with E-state index in [0.717, 1.165) is 39.7 Å². The molecule has 3 atom stereocenters. The third-order valence-electron chi connectivity index (χ3n) is 8.42. The number of carbonyl (C=O) groups excluding carboxylic acids is 1. The van der Waals surface area contributed by atoms with Gasteiger partial charge in [0.15, 0.2) is 0 Å². The summed E-state index contributed by atoms with van der Waals surface area (Å²) >= 11 is 0. The normalized spacial score (nSPS) is 18.5. The van der Waals surface area contributed by atoms with Crippen LogP contribution < -0.4 is 0 Å². The van der Waals surface area contributed by atoms with E-state index in [0.29, 0.717) is 5.69 Å². The van der Waals surface area contributed by atoms with Crippen molar-refractivity contribution >= 4 is 32.5 Å². The summed E-state index contributed by atoms with van der Waals surface area (Å²) < 4.78 is 36.5. The predicted molar refractivity (Wildman–Crippen MR) is 167 cm³/mol. The Kier molecular flexibility index (Phi) is 8.89. The number of nitro benzene ring substituents is 1. The minimum atomic E-state index is -4.01. The van der Waals surface area contributed by atoms with Crippen LogP contribution in [0.15, 0.2) is 77.7 Å². The molecule has 5 rings (SSSR count). The van der Waals surface area contributed by atoms with Crippen LogP contribution in [0.5, 0.6) is 0 Å². The van der Waals surface area contributed by atoms with Crippen molar-refractivity contribution in [2.75, 3.05) is 26.7 Å². The lowest BCUT2D eigenvalue weighted by molar-refractivity contribution is -0.384. The molecule has 1 amide bonds. The van der Waals surface area contributed by atoms with Gasteiger partial charge in [-0.25, -0.2) is 8.42 Å². The van der Waals surface area contributed by atoms with Crippen LogP contribution in [0, 0.1) is 16.0 Å². The van der Waals surface area contributed by atoms with Gasteiger partial charge in [-0.3, -0.25) is 14.9 Å². The number of ether oxygens (including phenoxy) is 1. The highest BCUT2D eigenvalue weighted by molar-refractivity contribution is 7.89. The Balaban J connectivity index is 1.57. The van der Waals surface area contributed by atoms with Gasteiger partial charge < -0.3 is 19.3 Å². The van der Waals surface area contributed by atoms with E-state index in [1.165, 1.54) is 23.5 Å². The second kappa shape index (κ2) is 12.5. The second-order valence-corrected chi connectivity index (χ2v) is 13.4. The summed E-state index contributed by atoms with van der Waals surface area (Å²) in [4.78, 5) is 26.5. The Morgan fingerprint density at radius 3 is 2.43 bits per heavy atom. The number of nitrogens with zero attached hydrogens (tertiary/aromatic N) is 4. The number of carbonyl (C=O) groups is 1. The van der Waals surface area contributed by atoms with E-state index in [1.54, 1.807) is 11.8 Å². The van der Waals surface area contributed by atoms with Crippen LogP contribution >= 0.6 is 0 Å². The van der Waals surface area contributed by atoms with Gasteiger partial charge in [0.1, 0.15) is 5.69 Å². The van der Waals surface area contributed by atoms with E-state index in [1.807, 2.05) is 67.1 Å². The fourth-order valence-electron chi connectivity index (χ4n) is 5.80. The number of nitro groups is 1. The summed E-state index contributed by atoms with van der Waals surface area (Å²) in [5, 5.41) is 22.2. The van der Waals surface area contributed by atoms with Crippen LogP contribution in [0.3, 0.4) is 0 Å². The Morgan fingerprint density at radius 1 is 1.09 bits per heavy atom. The minimum absolute atomic E-state index is 0.0337. The van der Waals surface area contributed by atoms with Crippen LogP contribution in [0.2, 0.25) is 0 Å². The largest absolute Gasteiger partial charge is 0.394 e. The zero-order chi connectivity index (χ0) is 31.8. The van der Waals surface area contributed by atoms with E-state index in [9.17, 15) is 28.4 Å². The maximum atomic E-state index is 14.5. The number of para-hydroxylation sites is 1. The molecule has 0 spiro atoms. The molecule has 3 aromatic carbocycles. The van der Waals surface area contributed by atoms with E-state index in [2.05, 4.69) is 0 Å². The molecule has 232 valence electrons. The zero-order valence-corrected chi connectivity index (χ0v) is 25.9. The molecule has 0 unspecified atom stereocenters. The molecule has 2 heterocycles. The third-order valence-corrected chi connectivity index (χ3v) is 10.3. The number of aryl methyl sites for hydroxylation is 1. The number of amides is 1. The lowest BCUT2D eigenvalue weighted by Crippen LogP contribution is -2.48. The zero-order valence-electron chi connectivity index (χ0n) is 25.1. The van der Waals surface area contributed by atoms with Gasteiger partial charge in [0.2, 0.25) is 10.0 Å². The lowest BCUT2D eigenvalue weighted by atomic mass is 9.96. The fourth-order valence-corrected chi connectivity index (χ4v) is 6.98. The number of aliphatic hydroxyl groups excluding tert-OH is 1. The van der Waals surface area contributed by atoms with Gasteiger partial charge in [-0.05, 0) is 36.2 Å². The second-order valence-electron chi connectivity index (χ2n) is 11.3. The third kappa shape index (κ3) is 5.73. The van der Waals surface area contributed by atoms with Crippen LogP contribution in [0.25, 0.3) is 22.0 Å². The molecule has 0 saturated heterocycles. The van der Waals surface area contributed by atoms with Crippen LogP contribution in [-0.4, -0.2) is 77.0 Å². The van der Waals surface area contributed by atoms with Crippen molar-refractivity contribution in [1.29, 1.82) is 0 Å². The van der Waals surface area contributed by atoms with Crippen LogP contribution in [-0.2, 0) is 28.4 Å². The average molecular weight is 621 g/mol. The molecule has 0 bridgehead atoms. The standard InChI is InChI=1S/C32H36N4O7S/c1-21-17-35(22(2)19-37)32(38)31-30(27-11-7-8-12-28(27)34(31)4)26-10-6-5-9-23(26)20-43-29(21)18-33(3)44(41,42)25-15-13-24(14-16-25)36(39)40/h5-16,21-22,29,37H,17-20H2,1-4H3/t21-,22+,29-/m1/s1. The summed E-state index contributed by atoms with van der Waals surface area (Å²) in [6.45, 7) is 3.76. The summed E-state index contributed by atoms with van der Waals surface area (Å²) in [5.74, 6) is -0.583. The number of hydrogen-bond donors (Lipinski definition) is 1. The van der Waals surface area contributed by atoms with Gasteiger partial charge in [0, 0.05) is 61.7 Å². The number of non-ortho nitro benzene ring substituents is 1. The number of aliphatic hydroxyl groups is 1. The quantitative estimate of drug-likeness (QED) is 0.239. The van der Waals surface area contributed by atoms with Crippen molar-refractivity contribution < 1.29 is 28.0 Å². The van der Waals surface area contributed by atoms with Gasteiger partial charge in [0.25, 0.3) is 11.6 Å². The number of rotatable bonds is 7. The first-order valence-electron chi connectivity index (χ1n) is 14.4. The molecule has 0 radical (unpaired) electrons. The summed E-state index contributed by atoms with van der Waals surface area (Å²) in [6, 6.07) is 19.8. The molecule has 11 nitrogen and oxygen atoms in total. The Bertz CT molecular complexity index is 1800. The Labute approximate surface area is 256 Å². The highest BCUT2D eigenvalue weighted by atomic mass is 32.2. The smallest absolute Gasteiger partial charge is 0.271 e. The molecule has 0 fully saturated rings. The molecular formula is C32H36N4O7S.